The van der Waals surface area contributed by atoms with Gasteiger partial charge in [-0.15, -0.1) is 0 Å². The van der Waals surface area contributed by atoms with Gasteiger partial charge in [-0.05, 0) is 51.0 Å². The monoisotopic (exact) mass is 290 g/mol. The molecule has 1 N–H and O–H groups in total. The Bertz CT molecular complexity index is 463. The normalized spacial score (nSPS) is 10.2. The summed E-state index contributed by atoms with van der Waals surface area (Å²) in [6.07, 6.45) is 2.06. The quantitative estimate of drug-likeness (QED) is 0.708. The fraction of sp³-hybridized carbons (Fsp3) is 0.500. The Kier molecular flexibility index (Phi) is 7.92. The molecule has 0 saturated heterocycles. The third kappa shape index (κ3) is 7.95. The molecule has 0 bridgehead atoms. The van der Waals surface area contributed by atoms with Crippen LogP contribution >= 0.6 is 0 Å². The number of hydrogen-bond acceptors (Lipinski definition) is 4. The summed E-state index contributed by atoms with van der Waals surface area (Å²) in [5, 5.41) is 11.5. The van der Waals surface area contributed by atoms with Crippen LogP contribution < -0.4 is 10.1 Å². The molecule has 5 nitrogen and oxygen atoms in total. The van der Waals surface area contributed by atoms with Crippen molar-refractivity contribution in [2.45, 2.75) is 32.8 Å². The number of nitrogens with one attached hydrogen (secondary N) is 1. The van der Waals surface area contributed by atoms with Crippen LogP contribution in [0.2, 0.25) is 0 Å². The molecule has 1 aromatic rings. The van der Waals surface area contributed by atoms with Crippen LogP contribution in [0, 0.1) is 11.3 Å². The fourth-order valence-electron chi connectivity index (χ4n) is 1.60. The maximum atomic E-state index is 11.6. The smallest absolute Gasteiger partial charge is 0.257 e. The zero-order valence-electron chi connectivity index (χ0n) is 12.6. The highest BCUT2D eigenvalue weighted by atomic mass is 16.5. The SMILES string of the molecule is CC(C)OCCCCNC(=O)COc1ccc(C#N)cc1. The van der Waals surface area contributed by atoms with Gasteiger partial charge in [0.2, 0.25) is 0 Å². The standard InChI is InChI=1S/C16H22N2O3/c1-13(2)20-10-4-3-9-18-16(19)12-21-15-7-5-14(11-17)6-8-15/h5-8,13H,3-4,9-10,12H2,1-2H3,(H,18,19). The Morgan fingerprint density at radius 3 is 2.62 bits per heavy atom. The number of nitrogens with zero attached hydrogens (tertiary/aromatic N) is 1. The number of hydrogen-bond donors (Lipinski definition) is 1. The van der Waals surface area contributed by atoms with Crippen LogP contribution in [0.4, 0.5) is 0 Å². The molecule has 0 saturated carbocycles. The van der Waals surface area contributed by atoms with Gasteiger partial charge in [-0.25, -0.2) is 0 Å². The molecule has 5 heteroatoms. The van der Waals surface area contributed by atoms with Crippen LogP contribution in [0.15, 0.2) is 24.3 Å². The molecule has 0 atom stereocenters. The van der Waals surface area contributed by atoms with Crippen molar-refractivity contribution in [2.75, 3.05) is 19.8 Å². The van der Waals surface area contributed by atoms with Crippen molar-refractivity contribution in [1.29, 1.82) is 5.26 Å². The van der Waals surface area contributed by atoms with Crippen LogP contribution in [0.25, 0.3) is 0 Å². The fourth-order valence-corrected chi connectivity index (χ4v) is 1.60. The first-order valence-electron chi connectivity index (χ1n) is 7.13. The van der Waals surface area contributed by atoms with Crippen LogP contribution in [-0.4, -0.2) is 31.8 Å². The second-order valence-corrected chi connectivity index (χ2v) is 4.90. The number of ether oxygens (including phenoxy) is 2. The number of rotatable bonds is 9. The van der Waals surface area contributed by atoms with Gasteiger partial charge in [-0.1, -0.05) is 0 Å². The molecule has 1 rings (SSSR count). The van der Waals surface area contributed by atoms with E-state index in [1.54, 1.807) is 24.3 Å². The predicted octanol–water partition coefficient (Wildman–Crippen LogP) is 2.26. The largest absolute Gasteiger partial charge is 0.484 e. The van der Waals surface area contributed by atoms with Crippen molar-refractivity contribution in [3.63, 3.8) is 0 Å². The second-order valence-electron chi connectivity index (χ2n) is 4.90. The lowest BCUT2D eigenvalue weighted by Gasteiger charge is -2.09. The lowest BCUT2D eigenvalue weighted by Crippen LogP contribution is -2.29. The first-order valence-corrected chi connectivity index (χ1v) is 7.13. The van der Waals surface area contributed by atoms with Gasteiger partial charge in [-0.2, -0.15) is 5.26 Å². The van der Waals surface area contributed by atoms with Gasteiger partial charge in [0.05, 0.1) is 17.7 Å². The molecular formula is C16H22N2O3. The minimum Gasteiger partial charge on any atom is -0.484 e. The molecule has 0 aromatic heterocycles. The summed E-state index contributed by atoms with van der Waals surface area (Å²) in [5.41, 5.74) is 0.565. The molecule has 21 heavy (non-hydrogen) atoms. The van der Waals surface area contributed by atoms with Crippen LogP contribution in [-0.2, 0) is 9.53 Å². The third-order valence-electron chi connectivity index (χ3n) is 2.70. The van der Waals surface area contributed by atoms with E-state index in [9.17, 15) is 4.79 Å². The van der Waals surface area contributed by atoms with E-state index in [4.69, 9.17) is 14.7 Å². The van der Waals surface area contributed by atoms with Gasteiger partial charge in [0, 0.05) is 13.2 Å². The van der Waals surface area contributed by atoms with Gasteiger partial charge in [0.1, 0.15) is 5.75 Å². The predicted molar refractivity (Wildman–Crippen MR) is 80.0 cm³/mol. The first kappa shape index (κ1) is 17.0. The number of amides is 1. The van der Waals surface area contributed by atoms with Gasteiger partial charge < -0.3 is 14.8 Å². The maximum Gasteiger partial charge on any atom is 0.257 e. The summed E-state index contributed by atoms with van der Waals surface area (Å²) in [6.45, 7) is 5.32. The average Bonchev–Trinajstić information content (AvgIpc) is 2.49. The van der Waals surface area contributed by atoms with Crippen LogP contribution in [0.3, 0.4) is 0 Å². The lowest BCUT2D eigenvalue weighted by atomic mass is 10.2. The van der Waals surface area contributed by atoms with Gasteiger partial charge in [-0.3, -0.25) is 4.79 Å². The molecule has 1 amide bonds. The highest BCUT2D eigenvalue weighted by Crippen LogP contribution is 2.11. The van der Waals surface area contributed by atoms with Crippen molar-refractivity contribution < 1.29 is 14.3 Å². The Morgan fingerprint density at radius 2 is 2.00 bits per heavy atom. The Morgan fingerprint density at radius 1 is 1.29 bits per heavy atom. The first-order chi connectivity index (χ1) is 10.1. The molecule has 0 aliphatic heterocycles. The summed E-state index contributed by atoms with van der Waals surface area (Å²) in [4.78, 5) is 11.6. The molecule has 114 valence electrons. The zero-order valence-corrected chi connectivity index (χ0v) is 12.6. The Balaban J connectivity index is 2.09. The number of nitriles is 1. The average molecular weight is 290 g/mol. The molecule has 0 radical (unpaired) electrons. The molecule has 0 fully saturated rings. The van der Waals surface area contributed by atoms with Crippen molar-refractivity contribution >= 4 is 5.91 Å². The topological polar surface area (TPSA) is 71.3 Å². The molecule has 0 unspecified atom stereocenters. The highest BCUT2D eigenvalue weighted by Gasteiger charge is 2.02. The number of unbranched alkanes of at least 4 members (excludes halogenated alkanes) is 1. The summed E-state index contributed by atoms with van der Waals surface area (Å²) in [5.74, 6) is 0.429. The summed E-state index contributed by atoms with van der Waals surface area (Å²) in [6, 6.07) is 8.69. The van der Waals surface area contributed by atoms with Crippen molar-refractivity contribution in [2.24, 2.45) is 0 Å². The van der Waals surface area contributed by atoms with Crippen molar-refractivity contribution in [3.8, 4) is 11.8 Å². The van der Waals surface area contributed by atoms with Crippen LogP contribution in [0.1, 0.15) is 32.3 Å². The van der Waals surface area contributed by atoms with E-state index in [1.165, 1.54) is 0 Å². The highest BCUT2D eigenvalue weighted by molar-refractivity contribution is 5.77. The summed E-state index contributed by atoms with van der Waals surface area (Å²) >= 11 is 0. The van der Waals surface area contributed by atoms with E-state index in [2.05, 4.69) is 5.32 Å². The third-order valence-corrected chi connectivity index (χ3v) is 2.70. The lowest BCUT2D eigenvalue weighted by molar-refractivity contribution is -0.123. The Hall–Kier alpha value is -2.06. The molecule has 0 aliphatic rings. The molecule has 0 spiro atoms. The molecule has 0 heterocycles. The van der Waals surface area contributed by atoms with Gasteiger partial charge in [0.25, 0.3) is 5.91 Å². The van der Waals surface area contributed by atoms with E-state index in [0.717, 1.165) is 19.4 Å². The van der Waals surface area contributed by atoms with E-state index in [-0.39, 0.29) is 18.6 Å². The van der Waals surface area contributed by atoms with Crippen molar-refractivity contribution in [1.82, 2.24) is 5.32 Å². The Labute approximate surface area is 125 Å². The van der Waals surface area contributed by atoms with Gasteiger partial charge >= 0.3 is 0 Å². The van der Waals surface area contributed by atoms with E-state index in [0.29, 0.717) is 17.9 Å². The molecular weight excluding hydrogens is 268 g/mol. The van der Waals surface area contributed by atoms with E-state index >= 15 is 0 Å². The van der Waals surface area contributed by atoms with Gasteiger partial charge in [0.15, 0.2) is 6.61 Å². The van der Waals surface area contributed by atoms with E-state index < -0.39 is 0 Å². The van der Waals surface area contributed by atoms with Crippen molar-refractivity contribution in [3.05, 3.63) is 29.8 Å². The number of carbonyl (C=O) groups is 1. The second kappa shape index (κ2) is 9.78. The maximum absolute atomic E-state index is 11.6. The number of carbonyl (C=O) groups excluding carboxylic acids is 1. The minimum atomic E-state index is -0.149. The van der Waals surface area contributed by atoms with E-state index in [1.807, 2.05) is 19.9 Å². The summed E-state index contributed by atoms with van der Waals surface area (Å²) < 4.78 is 10.7. The zero-order chi connectivity index (χ0) is 15.5. The summed E-state index contributed by atoms with van der Waals surface area (Å²) in [7, 11) is 0. The molecule has 1 aromatic carbocycles. The van der Waals surface area contributed by atoms with Crippen LogP contribution in [0.5, 0.6) is 5.75 Å². The molecule has 0 aliphatic carbocycles. The number of benzene rings is 1. The minimum absolute atomic E-state index is 0.0195.